The Balaban J connectivity index is 1.59. The zero-order valence-corrected chi connectivity index (χ0v) is 18.8. The number of hydrogen-bond acceptors (Lipinski definition) is 8. The van der Waals surface area contributed by atoms with Gasteiger partial charge >= 0.3 is 0 Å². The lowest BCUT2D eigenvalue weighted by molar-refractivity contribution is 0.0658. The number of nitrogen functional groups attached to an aromatic ring is 1. The van der Waals surface area contributed by atoms with Crippen LogP contribution in [0, 0.1) is 17.1 Å². The normalized spacial score (nSPS) is 13.3. The van der Waals surface area contributed by atoms with Crippen LogP contribution >= 0.6 is 0 Å². The Morgan fingerprint density at radius 1 is 1.23 bits per heavy atom. The van der Waals surface area contributed by atoms with Gasteiger partial charge in [0.25, 0.3) is 5.91 Å². The first-order chi connectivity index (χ1) is 17.0. The fraction of sp³-hybridized carbons (Fsp3) is 0.200. The maximum absolute atomic E-state index is 15.3. The third-order valence-corrected chi connectivity index (χ3v) is 6.02. The molecule has 2 N–H and O–H groups in total. The second-order valence-electron chi connectivity index (χ2n) is 8.16. The second-order valence-corrected chi connectivity index (χ2v) is 8.16. The van der Waals surface area contributed by atoms with Crippen molar-refractivity contribution >= 4 is 22.6 Å². The highest BCUT2D eigenvalue weighted by Gasteiger charge is 2.29. The van der Waals surface area contributed by atoms with Crippen molar-refractivity contribution in [2.75, 3.05) is 5.73 Å². The highest BCUT2D eigenvalue weighted by molar-refractivity contribution is 5.99. The predicted octanol–water partition coefficient (Wildman–Crippen LogP) is 3.45. The maximum Gasteiger partial charge on any atom is 0.257 e. The Morgan fingerprint density at radius 2 is 2.00 bits per heavy atom. The Morgan fingerprint density at radius 3 is 2.71 bits per heavy atom. The van der Waals surface area contributed by atoms with Gasteiger partial charge in [-0.25, -0.2) is 19.3 Å². The summed E-state index contributed by atoms with van der Waals surface area (Å²) in [5.74, 6) is -0.571. The summed E-state index contributed by atoms with van der Waals surface area (Å²) < 4.78 is 20.8. The quantitative estimate of drug-likeness (QED) is 0.470. The number of halogens is 1. The molecule has 0 saturated carbocycles. The first kappa shape index (κ1) is 22.3. The lowest BCUT2D eigenvalue weighted by atomic mass is 10.0. The Hall–Kier alpha value is -4.49. The molecule has 174 valence electrons. The Labute approximate surface area is 200 Å². The molecule has 3 aromatic heterocycles. The number of pyridine rings is 2. The van der Waals surface area contributed by atoms with Gasteiger partial charge in [0.2, 0.25) is 0 Å². The van der Waals surface area contributed by atoms with Crippen LogP contribution in [-0.4, -0.2) is 30.7 Å². The van der Waals surface area contributed by atoms with Gasteiger partial charge in [-0.3, -0.25) is 9.78 Å². The average Bonchev–Trinajstić information content (AvgIpc) is 3.38. The van der Waals surface area contributed by atoms with Crippen molar-refractivity contribution in [3.05, 3.63) is 88.5 Å². The monoisotopic (exact) mass is 469 g/mol. The molecule has 0 spiro atoms. The minimum absolute atomic E-state index is 0.0582. The maximum atomic E-state index is 15.3. The van der Waals surface area contributed by atoms with E-state index in [4.69, 9.17) is 15.7 Å². The topological polar surface area (TPSA) is 131 Å². The van der Waals surface area contributed by atoms with Crippen molar-refractivity contribution in [3.8, 4) is 6.07 Å². The minimum atomic E-state index is -0.716. The summed E-state index contributed by atoms with van der Waals surface area (Å²) in [6.45, 7) is 2.46. The highest BCUT2D eigenvalue weighted by Crippen LogP contribution is 2.33. The number of anilines is 1. The number of ether oxygens (including phenoxy) is 1. The molecule has 0 fully saturated rings. The van der Waals surface area contributed by atoms with Gasteiger partial charge in [0.1, 0.15) is 23.5 Å². The summed E-state index contributed by atoms with van der Waals surface area (Å²) in [5.41, 5.74) is 8.75. The average molecular weight is 469 g/mol. The van der Waals surface area contributed by atoms with Crippen molar-refractivity contribution < 1.29 is 13.9 Å². The number of hydrogen-bond donors (Lipinski definition) is 1. The number of amides is 1. The molecule has 0 saturated heterocycles. The van der Waals surface area contributed by atoms with Gasteiger partial charge in [0.05, 0.1) is 48.1 Å². The van der Waals surface area contributed by atoms with Crippen molar-refractivity contribution in [1.82, 2.24) is 24.8 Å². The first-order valence-electron chi connectivity index (χ1n) is 10.9. The number of carbonyl (C=O) groups is 1. The third kappa shape index (κ3) is 4.13. The van der Waals surface area contributed by atoms with Crippen LogP contribution < -0.4 is 5.73 Å². The van der Waals surface area contributed by atoms with Crippen molar-refractivity contribution in [3.63, 3.8) is 0 Å². The number of fused-ring (bicyclic) bond motifs is 3. The number of nitriles is 1. The molecular formula is C25H20FN7O2. The molecule has 1 amide bonds. The van der Waals surface area contributed by atoms with Crippen LogP contribution in [-0.2, 0) is 24.5 Å². The van der Waals surface area contributed by atoms with E-state index in [2.05, 4.69) is 19.9 Å². The summed E-state index contributed by atoms with van der Waals surface area (Å²) in [6.07, 6.45) is 4.59. The molecule has 4 heterocycles. The van der Waals surface area contributed by atoms with Crippen LogP contribution in [0.25, 0.3) is 10.9 Å². The smallest absolute Gasteiger partial charge is 0.257 e. The molecular weight excluding hydrogens is 449 g/mol. The van der Waals surface area contributed by atoms with Crippen LogP contribution in [0.4, 0.5) is 10.2 Å². The minimum Gasteiger partial charge on any atom is -0.383 e. The van der Waals surface area contributed by atoms with Gasteiger partial charge in [0, 0.05) is 35.6 Å². The van der Waals surface area contributed by atoms with Crippen LogP contribution in [0.5, 0.6) is 0 Å². The molecule has 0 radical (unpaired) electrons. The van der Waals surface area contributed by atoms with Gasteiger partial charge < -0.3 is 15.4 Å². The van der Waals surface area contributed by atoms with Gasteiger partial charge in [-0.1, -0.05) is 0 Å². The van der Waals surface area contributed by atoms with Crippen molar-refractivity contribution in [2.24, 2.45) is 0 Å². The van der Waals surface area contributed by atoms with E-state index in [-0.39, 0.29) is 12.1 Å². The number of aromatic nitrogens is 4. The van der Waals surface area contributed by atoms with Gasteiger partial charge in [-0.15, -0.1) is 0 Å². The molecule has 0 bridgehead atoms. The van der Waals surface area contributed by atoms with Crippen molar-refractivity contribution in [1.29, 1.82) is 5.26 Å². The molecule has 1 aromatic carbocycles. The summed E-state index contributed by atoms with van der Waals surface area (Å²) in [7, 11) is 0. The SMILES string of the molecule is CC(c1ncccn1)N(Cc1ccc(C#N)cn1)C(=O)c1cc2c3c(c(N)nc2cc1F)COC3. The Bertz CT molecular complexity index is 1470. The Kier molecular flexibility index (Phi) is 5.76. The summed E-state index contributed by atoms with van der Waals surface area (Å²) in [5, 5.41) is 9.67. The molecule has 5 rings (SSSR count). The summed E-state index contributed by atoms with van der Waals surface area (Å²) >= 11 is 0. The van der Waals surface area contributed by atoms with E-state index in [0.29, 0.717) is 47.0 Å². The lowest BCUT2D eigenvalue weighted by Crippen LogP contribution is -2.35. The van der Waals surface area contributed by atoms with E-state index in [1.807, 2.05) is 6.07 Å². The highest BCUT2D eigenvalue weighted by atomic mass is 19.1. The van der Waals surface area contributed by atoms with Crippen LogP contribution in [0.1, 0.15) is 51.5 Å². The molecule has 1 unspecified atom stereocenters. The summed E-state index contributed by atoms with van der Waals surface area (Å²) in [6, 6.07) is 9.10. The number of nitrogens with zero attached hydrogens (tertiary/aromatic N) is 6. The number of nitrogens with two attached hydrogens (primary N) is 1. The predicted molar refractivity (Wildman–Crippen MR) is 124 cm³/mol. The molecule has 0 aliphatic carbocycles. The zero-order chi connectivity index (χ0) is 24.5. The van der Waals surface area contributed by atoms with Crippen molar-refractivity contribution in [2.45, 2.75) is 32.7 Å². The van der Waals surface area contributed by atoms with E-state index in [1.165, 1.54) is 23.2 Å². The zero-order valence-electron chi connectivity index (χ0n) is 18.8. The molecule has 10 heteroatoms. The van der Waals surface area contributed by atoms with E-state index < -0.39 is 17.8 Å². The standard InChI is InChI=1S/C25H20FN7O2/c1-14(24-29-5-2-6-30-24)33(11-16-4-3-15(9-27)10-31-16)25(34)18-7-17-19-12-35-13-20(19)23(28)32-22(17)8-21(18)26/h2-8,10,14H,11-13H2,1H3,(H2,28,32). The molecule has 4 aromatic rings. The van der Waals surface area contributed by atoms with Gasteiger partial charge in [-0.2, -0.15) is 5.26 Å². The second kappa shape index (κ2) is 9.04. The van der Waals surface area contributed by atoms with E-state index in [0.717, 1.165) is 11.1 Å². The number of rotatable bonds is 5. The molecule has 1 atom stereocenters. The molecule has 1 aliphatic rings. The molecule has 35 heavy (non-hydrogen) atoms. The van der Waals surface area contributed by atoms with E-state index in [9.17, 15) is 4.79 Å². The number of benzene rings is 1. The molecule has 1 aliphatic heterocycles. The van der Waals surface area contributed by atoms with E-state index in [1.54, 1.807) is 37.5 Å². The van der Waals surface area contributed by atoms with Gasteiger partial charge in [0.15, 0.2) is 0 Å². The summed E-state index contributed by atoms with van der Waals surface area (Å²) in [4.78, 5) is 32.4. The van der Waals surface area contributed by atoms with Crippen LogP contribution in [0.3, 0.4) is 0 Å². The largest absolute Gasteiger partial charge is 0.383 e. The van der Waals surface area contributed by atoms with Crippen LogP contribution in [0.15, 0.2) is 48.9 Å². The lowest BCUT2D eigenvalue weighted by Gasteiger charge is -2.28. The first-order valence-corrected chi connectivity index (χ1v) is 10.9. The fourth-order valence-corrected chi connectivity index (χ4v) is 4.12. The molecule has 9 nitrogen and oxygen atoms in total. The van der Waals surface area contributed by atoms with Gasteiger partial charge in [-0.05, 0) is 36.8 Å². The van der Waals surface area contributed by atoms with E-state index >= 15 is 4.39 Å². The number of carbonyl (C=O) groups excluding carboxylic acids is 1. The third-order valence-electron chi connectivity index (χ3n) is 6.02. The van der Waals surface area contributed by atoms with Crippen LogP contribution in [0.2, 0.25) is 0 Å². The fourth-order valence-electron chi connectivity index (χ4n) is 4.12.